The Hall–Kier alpha value is -1.50. The highest BCUT2D eigenvalue weighted by molar-refractivity contribution is 7.11. The van der Waals surface area contributed by atoms with Crippen molar-refractivity contribution in [3.63, 3.8) is 0 Å². The molecule has 2 heterocycles. The predicted octanol–water partition coefficient (Wildman–Crippen LogP) is 2.95. The summed E-state index contributed by atoms with van der Waals surface area (Å²) in [5.41, 5.74) is 1.28. The van der Waals surface area contributed by atoms with Gasteiger partial charge in [0.2, 0.25) is 0 Å². The molecule has 0 spiro atoms. The molecule has 1 aliphatic rings. The van der Waals surface area contributed by atoms with Crippen LogP contribution in [0.2, 0.25) is 0 Å². The molecule has 130 valence electrons. The van der Waals surface area contributed by atoms with Crippen molar-refractivity contribution < 1.29 is 4.74 Å². The summed E-state index contributed by atoms with van der Waals surface area (Å²) in [7, 11) is 0. The van der Waals surface area contributed by atoms with Crippen LogP contribution < -0.4 is 4.74 Å². The van der Waals surface area contributed by atoms with Crippen LogP contribution in [0.15, 0.2) is 24.3 Å². The lowest BCUT2D eigenvalue weighted by molar-refractivity contribution is 0.0725. The van der Waals surface area contributed by atoms with E-state index in [9.17, 15) is 0 Å². The van der Waals surface area contributed by atoms with Crippen molar-refractivity contribution in [1.29, 1.82) is 0 Å². The highest BCUT2D eigenvalue weighted by Gasteiger charge is 2.25. The maximum Gasteiger partial charge on any atom is 0.131 e. The zero-order chi connectivity index (χ0) is 16.9. The molecule has 0 saturated carbocycles. The van der Waals surface area contributed by atoms with Crippen molar-refractivity contribution in [3.8, 4) is 5.75 Å². The maximum absolute atomic E-state index is 5.76. The summed E-state index contributed by atoms with van der Waals surface area (Å²) in [6.07, 6.45) is 0. The molecule has 1 fully saturated rings. The second-order valence-electron chi connectivity index (χ2n) is 6.31. The van der Waals surface area contributed by atoms with Crippen molar-refractivity contribution in [2.24, 2.45) is 0 Å². The molecule has 3 rings (SSSR count). The van der Waals surface area contributed by atoms with Gasteiger partial charge in [-0.1, -0.05) is 18.2 Å². The fourth-order valence-corrected chi connectivity index (χ4v) is 3.93. The molecular weight excluding hydrogens is 320 g/mol. The maximum atomic E-state index is 5.76. The lowest BCUT2D eigenvalue weighted by Gasteiger charge is -2.39. The Morgan fingerprint density at radius 3 is 2.75 bits per heavy atom. The first-order chi connectivity index (χ1) is 11.7. The minimum absolute atomic E-state index is 0.516. The van der Waals surface area contributed by atoms with E-state index in [1.807, 2.05) is 19.9 Å². The summed E-state index contributed by atoms with van der Waals surface area (Å²) < 4.78 is 5.76. The first-order valence-electron chi connectivity index (χ1n) is 8.61. The predicted molar refractivity (Wildman–Crippen MR) is 97.4 cm³/mol. The molecule has 0 radical (unpaired) electrons. The van der Waals surface area contributed by atoms with E-state index < -0.39 is 0 Å². The number of aromatic nitrogens is 2. The molecule has 1 aliphatic heterocycles. The number of aryl methyl sites for hydroxylation is 1. The standard InChI is InChI=1S/C18H26N4OS/c1-4-23-17-8-6-5-7-16(17)12-21-9-10-22(14(2)11-21)13-18-20-19-15(3)24-18/h5-8,14H,4,9-13H2,1-3H3/t14-/m0/s1. The summed E-state index contributed by atoms with van der Waals surface area (Å²) in [4.78, 5) is 5.02. The molecule has 1 aromatic heterocycles. The van der Waals surface area contributed by atoms with Gasteiger partial charge in [0.15, 0.2) is 0 Å². The van der Waals surface area contributed by atoms with E-state index in [-0.39, 0.29) is 0 Å². The number of hydrogen-bond acceptors (Lipinski definition) is 6. The van der Waals surface area contributed by atoms with Gasteiger partial charge in [-0.2, -0.15) is 0 Å². The Labute approximate surface area is 148 Å². The van der Waals surface area contributed by atoms with Gasteiger partial charge < -0.3 is 4.74 Å². The van der Waals surface area contributed by atoms with Gasteiger partial charge in [0.05, 0.1) is 13.2 Å². The Morgan fingerprint density at radius 2 is 2.04 bits per heavy atom. The second-order valence-corrected chi connectivity index (χ2v) is 7.58. The van der Waals surface area contributed by atoms with E-state index in [1.165, 1.54) is 5.56 Å². The van der Waals surface area contributed by atoms with Crippen LogP contribution in [-0.4, -0.2) is 52.3 Å². The number of ether oxygens (including phenoxy) is 1. The molecule has 0 aliphatic carbocycles. The third-order valence-electron chi connectivity index (χ3n) is 4.42. The van der Waals surface area contributed by atoms with Crippen LogP contribution in [0.4, 0.5) is 0 Å². The molecule has 0 amide bonds. The molecule has 2 aromatic rings. The third-order valence-corrected chi connectivity index (χ3v) is 5.25. The van der Waals surface area contributed by atoms with Crippen LogP contribution in [0.1, 0.15) is 29.4 Å². The van der Waals surface area contributed by atoms with Gasteiger partial charge in [-0.25, -0.2) is 0 Å². The highest BCUT2D eigenvalue weighted by Crippen LogP contribution is 2.22. The fourth-order valence-electron chi connectivity index (χ4n) is 3.20. The molecule has 6 heteroatoms. The molecule has 0 bridgehead atoms. The van der Waals surface area contributed by atoms with E-state index in [2.05, 4.69) is 45.1 Å². The zero-order valence-electron chi connectivity index (χ0n) is 14.7. The zero-order valence-corrected chi connectivity index (χ0v) is 15.6. The molecule has 5 nitrogen and oxygen atoms in total. The molecule has 24 heavy (non-hydrogen) atoms. The van der Waals surface area contributed by atoms with Gasteiger partial charge in [-0.3, -0.25) is 9.80 Å². The number of piperazine rings is 1. The van der Waals surface area contributed by atoms with Crippen LogP contribution in [-0.2, 0) is 13.1 Å². The van der Waals surface area contributed by atoms with Crippen LogP contribution in [0, 0.1) is 6.92 Å². The Balaban J connectivity index is 1.57. The fraction of sp³-hybridized carbons (Fsp3) is 0.556. The van der Waals surface area contributed by atoms with Crippen molar-refractivity contribution in [2.75, 3.05) is 26.2 Å². The van der Waals surface area contributed by atoms with Crippen molar-refractivity contribution in [1.82, 2.24) is 20.0 Å². The van der Waals surface area contributed by atoms with E-state index >= 15 is 0 Å². The molecular formula is C18H26N4OS. The molecule has 1 saturated heterocycles. The van der Waals surface area contributed by atoms with E-state index in [0.717, 1.165) is 48.5 Å². The van der Waals surface area contributed by atoms with Crippen LogP contribution in [0.25, 0.3) is 0 Å². The van der Waals surface area contributed by atoms with Gasteiger partial charge >= 0.3 is 0 Å². The van der Waals surface area contributed by atoms with Crippen LogP contribution in [0.5, 0.6) is 5.75 Å². The molecule has 0 unspecified atom stereocenters. The van der Waals surface area contributed by atoms with E-state index in [4.69, 9.17) is 4.74 Å². The number of benzene rings is 1. The van der Waals surface area contributed by atoms with Crippen LogP contribution >= 0.6 is 11.3 Å². The van der Waals surface area contributed by atoms with Crippen molar-refractivity contribution >= 4 is 11.3 Å². The number of para-hydroxylation sites is 1. The van der Waals surface area contributed by atoms with E-state index in [1.54, 1.807) is 11.3 Å². The summed E-state index contributed by atoms with van der Waals surface area (Å²) >= 11 is 1.70. The van der Waals surface area contributed by atoms with Crippen LogP contribution in [0.3, 0.4) is 0 Å². The lowest BCUT2D eigenvalue weighted by atomic mass is 10.1. The highest BCUT2D eigenvalue weighted by atomic mass is 32.1. The Bertz CT molecular complexity index is 660. The largest absolute Gasteiger partial charge is 0.494 e. The SMILES string of the molecule is CCOc1ccccc1CN1CCN(Cc2nnc(C)s2)[C@@H](C)C1. The van der Waals surface area contributed by atoms with E-state index in [0.29, 0.717) is 12.6 Å². The summed E-state index contributed by atoms with van der Waals surface area (Å²) in [5.74, 6) is 1.01. The van der Waals surface area contributed by atoms with Crippen molar-refractivity contribution in [3.05, 3.63) is 39.8 Å². The second kappa shape index (κ2) is 8.05. The average Bonchev–Trinajstić information content (AvgIpc) is 2.97. The van der Waals surface area contributed by atoms with Gasteiger partial charge in [-0.05, 0) is 26.8 Å². The third kappa shape index (κ3) is 4.32. The van der Waals surface area contributed by atoms with Gasteiger partial charge in [0.1, 0.15) is 15.8 Å². The first kappa shape index (κ1) is 17.3. The quantitative estimate of drug-likeness (QED) is 0.804. The monoisotopic (exact) mass is 346 g/mol. The summed E-state index contributed by atoms with van der Waals surface area (Å²) in [6.45, 7) is 12.1. The Morgan fingerprint density at radius 1 is 1.21 bits per heavy atom. The molecule has 1 atom stereocenters. The lowest BCUT2D eigenvalue weighted by Crippen LogP contribution is -2.50. The first-order valence-corrected chi connectivity index (χ1v) is 9.43. The van der Waals surface area contributed by atoms with Gasteiger partial charge in [-0.15, -0.1) is 21.5 Å². The van der Waals surface area contributed by atoms with Gasteiger partial charge in [0, 0.05) is 37.8 Å². The normalized spacial score (nSPS) is 19.5. The van der Waals surface area contributed by atoms with Gasteiger partial charge in [0.25, 0.3) is 0 Å². The van der Waals surface area contributed by atoms with Crippen molar-refractivity contribution in [2.45, 2.75) is 39.9 Å². The minimum Gasteiger partial charge on any atom is -0.494 e. The number of hydrogen-bond donors (Lipinski definition) is 0. The number of rotatable bonds is 6. The smallest absolute Gasteiger partial charge is 0.131 e. The Kier molecular flexibility index (Phi) is 5.81. The molecule has 0 N–H and O–H groups in total. The average molecular weight is 347 g/mol. The minimum atomic E-state index is 0.516. The summed E-state index contributed by atoms with van der Waals surface area (Å²) in [5, 5.41) is 10.5. The topological polar surface area (TPSA) is 41.5 Å². The number of nitrogens with zero attached hydrogens (tertiary/aromatic N) is 4. The molecule has 1 aromatic carbocycles. The summed E-state index contributed by atoms with van der Waals surface area (Å²) in [6, 6.07) is 8.89.